The summed E-state index contributed by atoms with van der Waals surface area (Å²) in [6.45, 7) is 6.24. The molecule has 2 nitrogen and oxygen atoms in total. The van der Waals surface area contributed by atoms with Gasteiger partial charge in [-0.15, -0.1) is 0 Å². The highest BCUT2D eigenvalue weighted by Gasteiger charge is 2.09. The second-order valence-corrected chi connectivity index (χ2v) is 7.33. The number of hydrogen-bond acceptors (Lipinski definition) is 2. The summed E-state index contributed by atoms with van der Waals surface area (Å²) in [5.74, 6) is 0. The first-order valence-electron chi connectivity index (χ1n) is 10.1. The lowest BCUT2D eigenvalue weighted by molar-refractivity contribution is -0.148. The third-order valence-electron chi connectivity index (χ3n) is 4.18. The van der Waals surface area contributed by atoms with Crippen LogP contribution in [0.4, 0.5) is 0 Å². The smallest absolute Gasteiger partial charge is 0.157 e. The molecule has 0 radical (unpaired) electrons. The van der Waals surface area contributed by atoms with Crippen molar-refractivity contribution in [2.24, 2.45) is 0 Å². The highest BCUT2D eigenvalue weighted by atomic mass is 79.9. The minimum Gasteiger partial charge on any atom is -0.353 e. The van der Waals surface area contributed by atoms with Gasteiger partial charge >= 0.3 is 0 Å². The van der Waals surface area contributed by atoms with E-state index in [1.54, 1.807) is 0 Å². The van der Waals surface area contributed by atoms with Crippen LogP contribution in [0.3, 0.4) is 0 Å². The zero-order chi connectivity index (χ0) is 17.0. The van der Waals surface area contributed by atoms with Crippen molar-refractivity contribution < 1.29 is 9.47 Å². The molecule has 0 aromatic rings. The van der Waals surface area contributed by atoms with Gasteiger partial charge in [-0.05, 0) is 32.1 Å². The van der Waals surface area contributed by atoms with Crippen LogP contribution in [-0.4, -0.2) is 24.8 Å². The maximum Gasteiger partial charge on any atom is 0.157 e. The van der Waals surface area contributed by atoms with E-state index in [-0.39, 0.29) is 6.29 Å². The third kappa shape index (κ3) is 18.6. The molecular formula is C20H41BrO2. The molecule has 0 unspecified atom stereocenters. The van der Waals surface area contributed by atoms with Crippen LogP contribution >= 0.6 is 15.9 Å². The second-order valence-electron chi connectivity index (χ2n) is 6.54. The molecule has 0 rings (SSSR count). The lowest BCUT2D eigenvalue weighted by atomic mass is 10.1. The molecule has 23 heavy (non-hydrogen) atoms. The van der Waals surface area contributed by atoms with Crippen LogP contribution in [0.5, 0.6) is 0 Å². The van der Waals surface area contributed by atoms with Crippen molar-refractivity contribution in [3.63, 3.8) is 0 Å². The Hall–Kier alpha value is 0.400. The Morgan fingerprint density at radius 1 is 0.609 bits per heavy atom. The van der Waals surface area contributed by atoms with Crippen LogP contribution in [0.2, 0.25) is 0 Å². The molecule has 0 atom stereocenters. The van der Waals surface area contributed by atoms with E-state index in [1.807, 2.05) is 0 Å². The van der Waals surface area contributed by atoms with E-state index < -0.39 is 0 Å². The third-order valence-corrected chi connectivity index (χ3v) is 4.74. The number of unbranched alkanes of at least 4 members (excludes halogenated alkanes) is 10. The maximum atomic E-state index is 6.00. The molecule has 0 aromatic heterocycles. The Morgan fingerprint density at radius 2 is 1.09 bits per heavy atom. The summed E-state index contributed by atoms with van der Waals surface area (Å²) in [5, 5.41) is 1.11. The van der Waals surface area contributed by atoms with E-state index in [2.05, 4.69) is 29.8 Å². The highest BCUT2D eigenvalue weighted by Crippen LogP contribution is 2.12. The van der Waals surface area contributed by atoms with E-state index >= 15 is 0 Å². The van der Waals surface area contributed by atoms with Crippen molar-refractivity contribution in [3.05, 3.63) is 0 Å². The van der Waals surface area contributed by atoms with Crippen molar-refractivity contribution in [1.29, 1.82) is 0 Å². The van der Waals surface area contributed by atoms with Gasteiger partial charge in [-0.2, -0.15) is 0 Å². The number of rotatable bonds is 19. The van der Waals surface area contributed by atoms with Crippen LogP contribution in [-0.2, 0) is 9.47 Å². The fourth-order valence-electron chi connectivity index (χ4n) is 2.64. The van der Waals surface area contributed by atoms with Gasteiger partial charge in [-0.1, -0.05) is 87.6 Å². The first kappa shape index (κ1) is 23.4. The van der Waals surface area contributed by atoms with Crippen LogP contribution in [0.1, 0.15) is 104 Å². The van der Waals surface area contributed by atoms with Gasteiger partial charge in [0.2, 0.25) is 0 Å². The molecule has 0 amide bonds. The molecule has 0 bridgehead atoms. The fraction of sp³-hybridized carbons (Fsp3) is 1.00. The number of alkyl halides is 1. The van der Waals surface area contributed by atoms with E-state index in [9.17, 15) is 0 Å². The Bertz CT molecular complexity index is 196. The fourth-order valence-corrected chi connectivity index (χ4v) is 3.03. The monoisotopic (exact) mass is 392 g/mol. The lowest BCUT2D eigenvalue weighted by Crippen LogP contribution is -2.19. The summed E-state index contributed by atoms with van der Waals surface area (Å²) in [7, 11) is 0. The summed E-state index contributed by atoms with van der Waals surface area (Å²) in [6, 6.07) is 0. The predicted octanol–water partition coefficient (Wildman–Crippen LogP) is 7.24. The largest absolute Gasteiger partial charge is 0.353 e. The van der Waals surface area contributed by atoms with Crippen LogP contribution < -0.4 is 0 Å². The van der Waals surface area contributed by atoms with Gasteiger partial charge in [-0.3, -0.25) is 0 Å². The molecule has 0 saturated heterocycles. The Labute approximate surface area is 154 Å². The van der Waals surface area contributed by atoms with Gasteiger partial charge < -0.3 is 9.47 Å². The normalized spacial score (nSPS) is 11.5. The first-order chi connectivity index (χ1) is 11.3. The minimum absolute atomic E-state index is 0.0303. The standard InChI is InChI=1S/C20H41BrO2/c1-3-5-7-9-14-18-22-20(16-12-11-13-17-21)23-19-15-10-8-6-4-2/h20H,3-19H2,1-2H3. The Morgan fingerprint density at radius 3 is 1.57 bits per heavy atom. The van der Waals surface area contributed by atoms with Gasteiger partial charge in [0.25, 0.3) is 0 Å². The van der Waals surface area contributed by atoms with Gasteiger partial charge in [-0.25, -0.2) is 0 Å². The molecule has 3 heteroatoms. The summed E-state index contributed by atoms with van der Waals surface area (Å²) >= 11 is 3.50. The van der Waals surface area contributed by atoms with E-state index in [1.165, 1.54) is 83.5 Å². The molecule has 0 spiro atoms. The number of hydrogen-bond donors (Lipinski definition) is 0. The van der Waals surface area contributed by atoms with Gasteiger partial charge in [0, 0.05) is 18.5 Å². The lowest BCUT2D eigenvalue weighted by Gasteiger charge is -2.19. The summed E-state index contributed by atoms with van der Waals surface area (Å²) < 4.78 is 12.0. The highest BCUT2D eigenvalue weighted by molar-refractivity contribution is 9.09. The van der Waals surface area contributed by atoms with Gasteiger partial charge in [0.15, 0.2) is 6.29 Å². The van der Waals surface area contributed by atoms with Crippen molar-refractivity contribution >= 4 is 15.9 Å². The van der Waals surface area contributed by atoms with Gasteiger partial charge in [0.05, 0.1) is 0 Å². The van der Waals surface area contributed by atoms with Crippen LogP contribution in [0, 0.1) is 0 Å². The Balaban J connectivity index is 3.70. The molecular weight excluding hydrogens is 352 g/mol. The average molecular weight is 393 g/mol. The number of halogens is 1. The van der Waals surface area contributed by atoms with Crippen molar-refractivity contribution in [2.75, 3.05) is 18.5 Å². The summed E-state index contributed by atoms with van der Waals surface area (Å²) in [4.78, 5) is 0. The first-order valence-corrected chi connectivity index (χ1v) is 11.3. The maximum absolute atomic E-state index is 6.00. The molecule has 0 fully saturated rings. The zero-order valence-electron chi connectivity index (χ0n) is 15.8. The van der Waals surface area contributed by atoms with E-state index in [0.29, 0.717) is 0 Å². The SMILES string of the molecule is CCCCCCCOC(CCCCCBr)OCCCCCCC. The Kier molecular flexibility index (Phi) is 20.8. The molecule has 140 valence electrons. The van der Waals surface area contributed by atoms with Crippen molar-refractivity contribution in [1.82, 2.24) is 0 Å². The summed E-state index contributed by atoms with van der Waals surface area (Å²) in [6.07, 6.45) is 17.7. The molecule has 0 aliphatic heterocycles. The van der Waals surface area contributed by atoms with Crippen molar-refractivity contribution in [2.45, 2.75) is 110 Å². The molecule has 0 heterocycles. The topological polar surface area (TPSA) is 18.5 Å². The predicted molar refractivity (Wildman–Crippen MR) is 105 cm³/mol. The second kappa shape index (κ2) is 20.4. The molecule has 0 aliphatic carbocycles. The van der Waals surface area contributed by atoms with E-state index in [0.717, 1.165) is 25.0 Å². The van der Waals surface area contributed by atoms with Gasteiger partial charge in [0.1, 0.15) is 0 Å². The molecule has 0 aromatic carbocycles. The van der Waals surface area contributed by atoms with Crippen molar-refractivity contribution in [3.8, 4) is 0 Å². The van der Waals surface area contributed by atoms with Crippen LogP contribution in [0.15, 0.2) is 0 Å². The summed E-state index contributed by atoms with van der Waals surface area (Å²) in [5.41, 5.74) is 0. The number of ether oxygens (including phenoxy) is 2. The average Bonchev–Trinajstić information content (AvgIpc) is 2.57. The molecule has 0 saturated carbocycles. The zero-order valence-corrected chi connectivity index (χ0v) is 17.4. The van der Waals surface area contributed by atoms with E-state index in [4.69, 9.17) is 9.47 Å². The molecule has 0 N–H and O–H groups in total. The quantitative estimate of drug-likeness (QED) is 0.131. The van der Waals surface area contributed by atoms with Crippen LogP contribution in [0.25, 0.3) is 0 Å². The molecule has 0 aliphatic rings. The minimum atomic E-state index is 0.0303.